The molecule has 1 aromatic carbocycles. The zero-order chi connectivity index (χ0) is 16.1. The van der Waals surface area contributed by atoms with Crippen LogP contribution in [0, 0.1) is 12.3 Å². The highest BCUT2D eigenvalue weighted by Crippen LogP contribution is 2.04. The van der Waals surface area contributed by atoms with Crippen LogP contribution < -0.4 is 10.6 Å². The molecule has 0 aromatic heterocycles. The van der Waals surface area contributed by atoms with Crippen molar-refractivity contribution in [1.82, 2.24) is 10.6 Å². The van der Waals surface area contributed by atoms with Crippen LogP contribution in [0.3, 0.4) is 0 Å². The number of rotatable bonds is 6. The van der Waals surface area contributed by atoms with E-state index < -0.39 is 0 Å². The summed E-state index contributed by atoms with van der Waals surface area (Å²) in [5, 5.41) is 5.69. The highest BCUT2D eigenvalue weighted by Gasteiger charge is 2.06. The van der Waals surface area contributed by atoms with Gasteiger partial charge in [0.2, 0.25) is 0 Å². The van der Waals surface area contributed by atoms with Crippen LogP contribution >= 0.6 is 0 Å². The molecule has 0 bridgehead atoms. The van der Waals surface area contributed by atoms with Crippen LogP contribution in [0.5, 0.6) is 0 Å². The molecule has 114 valence electrons. The summed E-state index contributed by atoms with van der Waals surface area (Å²) in [6.07, 6.45) is 4.78. The molecule has 21 heavy (non-hydrogen) atoms. The molecule has 0 aliphatic heterocycles. The van der Waals surface area contributed by atoms with Gasteiger partial charge in [-0.3, -0.25) is 9.59 Å². The second-order valence-electron chi connectivity index (χ2n) is 4.10. The minimum Gasteiger partial charge on any atom is -0.469 e. The van der Waals surface area contributed by atoms with Gasteiger partial charge in [0, 0.05) is 18.7 Å². The number of hydrogen-bond acceptors (Lipinski definition) is 4. The van der Waals surface area contributed by atoms with E-state index in [1.807, 2.05) is 19.2 Å². The SMILES string of the molecule is C#CC.CNCc1ccc(C(=O)NCCC(=O)OC)cc1. The lowest BCUT2D eigenvalue weighted by Gasteiger charge is -2.05. The molecule has 0 unspecified atom stereocenters. The van der Waals surface area contributed by atoms with Crippen LogP contribution in [-0.4, -0.2) is 32.6 Å². The number of methoxy groups -OCH3 is 1. The monoisotopic (exact) mass is 290 g/mol. The summed E-state index contributed by atoms with van der Waals surface area (Å²) in [4.78, 5) is 22.6. The zero-order valence-electron chi connectivity index (χ0n) is 12.7. The number of carbonyl (C=O) groups excluding carboxylic acids is 2. The molecule has 1 aromatic rings. The Kier molecular flexibility index (Phi) is 10.2. The largest absolute Gasteiger partial charge is 0.469 e. The highest BCUT2D eigenvalue weighted by molar-refractivity contribution is 5.94. The maximum Gasteiger partial charge on any atom is 0.307 e. The molecule has 0 radical (unpaired) electrons. The minimum absolute atomic E-state index is 0.181. The third kappa shape index (κ3) is 8.45. The molecule has 0 fully saturated rings. The quantitative estimate of drug-likeness (QED) is 0.613. The Bertz CT molecular complexity index is 475. The molecule has 0 saturated heterocycles. The number of esters is 1. The van der Waals surface area contributed by atoms with E-state index in [-0.39, 0.29) is 24.8 Å². The van der Waals surface area contributed by atoms with Gasteiger partial charge in [-0.05, 0) is 31.7 Å². The van der Waals surface area contributed by atoms with Gasteiger partial charge in [0.05, 0.1) is 13.5 Å². The predicted molar refractivity (Wildman–Crippen MR) is 82.7 cm³/mol. The third-order valence-electron chi connectivity index (χ3n) is 2.44. The number of terminal acetylenes is 1. The summed E-state index contributed by atoms with van der Waals surface area (Å²) in [7, 11) is 3.19. The van der Waals surface area contributed by atoms with Gasteiger partial charge >= 0.3 is 5.97 Å². The van der Waals surface area contributed by atoms with E-state index in [9.17, 15) is 9.59 Å². The molecule has 5 heteroatoms. The molecule has 1 amide bonds. The topological polar surface area (TPSA) is 67.4 Å². The molecule has 2 N–H and O–H groups in total. The molecule has 0 aliphatic carbocycles. The summed E-state index contributed by atoms with van der Waals surface area (Å²) in [6.45, 7) is 2.70. The Labute approximate surface area is 126 Å². The number of ether oxygens (including phenoxy) is 1. The highest BCUT2D eigenvalue weighted by atomic mass is 16.5. The van der Waals surface area contributed by atoms with Gasteiger partial charge in [0.15, 0.2) is 0 Å². The molecule has 0 heterocycles. The molecule has 0 saturated carbocycles. The maximum absolute atomic E-state index is 11.7. The van der Waals surface area contributed by atoms with E-state index in [1.165, 1.54) is 7.11 Å². The zero-order valence-corrected chi connectivity index (χ0v) is 12.7. The second kappa shape index (κ2) is 11.5. The van der Waals surface area contributed by atoms with Gasteiger partial charge < -0.3 is 15.4 Å². The minimum atomic E-state index is -0.334. The van der Waals surface area contributed by atoms with Crippen LogP contribution in [-0.2, 0) is 16.1 Å². The number of benzene rings is 1. The van der Waals surface area contributed by atoms with Crippen LogP contribution in [0.2, 0.25) is 0 Å². The first kappa shape index (κ1) is 18.7. The van der Waals surface area contributed by atoms with E-state index in [4.69, 9.17) is 0 Å². The fourth-order valence-electron chi connectivity index (χ4n) is 1.46. The first-order valence-corrected chi connectivity index (χ1v) is 6.54. The lowest BCUT2D eigenvalue weighted by Crippen LogP contribution is -2.26. The van der Waals surface area contributed by atoms with Gasteiger partial charge in [0.1, 0.15) is 0 Å². The summed E-state index contributed by atoms with van der Waals surface area (Å²) < 4.78 is 4.48. The van der Waals surface area contributed by atoms with Crippen molar-refractivity contribution in [2.75, 3.05) is 20.7 Å². The van der Waals surface area contributed by atoms with Crippen molar-refractivity contribution in [3.63, 3.8) is 0 Å². The Morgan fingerprint density at radius 3 is 2.33 bits per heavy atom. The maximum atomic E-state index is 11.7. The van der Waals surface area contributed by atoms with Crippen molar-refractivity contribution < 1.29 is 14.3 Å². The molecule has 0 spiro atoms. The van der Waals surface area contributed by atoms with Crippen molar-refractivity contribution in [3.05, 3.63) is 35.4 Å². The molecule has 0 atom stereocenters. The van der Waals surface area contributed by atoms with E-state index in [1.54, 1.807) is 19.1 Å². The number of carbonyl (C=O) groups is 2. The van der Waals surface area contributed by atoms with E-state index >= 15 is 0 Å². The van der Waals surface area contributed by atoms with Gasteiger partial charge in [0.25, 0.3) is 5.91 Å². The molecule has 1 rings (SSSR count). The first-order valence-electron chi connectivity index (χ1n) is 6.54. The van der Waals surface area contributed by atoms with E-state index in [0.717, 1.165) is 12.1 Å². The number of nitrogens with one attached hydrogen (secondary N) is 2. The van der Waals surface area contributed by atoms with Gasteiger partial charge in [-0.1, -0.05) is 12.1 Å². The Balaban J connectivity index is 0.00000122. The van der Waals surface area contributed by atoms with Crippen LogP contribution in [0.25, 0.3) is 0 Å². The molecular weight excluding hydrogens is 268 g/mol. The van der Waals surface area contributed by atoms with Crippen molar-refractivity contribution in [1.29, 1.82) is 0 Å². The Morgan fingerprint density at radius 1 is 1.29 bits per heavy atom. The van der Waals surface area contributed by atoms with Gasteiger partial charge in [-0.15, -0.1) is 12.3 Å². The Morgan fingerprint density at radius 2 is 1.86 bits per heavy atom. The van der Waals surface area contributed by atoms with Gasteiger partial charge in [-0.2, -0.15) is 0 Å². The van der Waals surface area contributed by atoms with Crippen molar-refractivity contribution in [3.8, 4) is 12.3 Å². The average Bonchev–Trinajstić information content (AvgIpc) is 2.49. The predicted octanol–water partition coefficient (Wildman–Crippen LogP) is 1.34. The normalized spacial score (nSPS) is 8.86. The number of amides is 1. The van der Waals surface area contributed by atoms with E-state index in [0.29, 0.717) is 5.56 Å². The van der Waals surface area contributed by atoms with Gasteiger partial charge in [-0.25, -0.2) is 0 Å². The van der Waals surface area contributed by atoms with E-state index in [2.05, 4.69) is 27.7 Å². The molecular formula is C16H22N2O3. The van der Waals surface area contributed by atoms with Crippen LogP contribution in [0.4, 0.5) is 0 Å². The first-order chi connectivity index (χ1) is 10.1. The summed E-state index contributed by atoms with van der Waals surface area (Å²) >= 11 is 0. The second-order valence-corrected chi connectivity index (χ2v) is 4.10. The smallest absolute Gasteiger partial charge is 0.307 e. The number of hydrogen-bond donors (Lipinski definition) is 2. The molecule has 0 aliphatic rings. The lowest BCUT2D eigenvalue weighted by molar-refractivity contribution is -0.140. The van der Waals surface area contributed by atoms with Crippen LogP contribution in [0.1, 0.15) is 29.3 Å². The molecule has 5 nitrogen and oxygen atoms in total. The summed E-state index contributed by atoms with van der Waals surface area (Å²) in [6, 6.07) is 7.32. The van der Waals surface area contributed by atoms with Crippen molar-refractivity contribution in [2.24, 2.45) is 0 Å². The standard InChI is InChI=1S/C13H18N2O3.C3H4/c1-14-9-10-3-5-11(6-4-10)13(17)15-8-7-12(16)18-2;1-3-2/h3-6,14H,7-9H2,1-2H3,(H,15,17);1H,2H3. The third-order valence-corrected chi connectivity index (χ3v) is 2.44. The van der Waals surface area contributed by atoms with Crippen molar-refractivity contribution >= 4 is 11.9 Å². The fraction of sp³-hybridized carbons (Fsp3) is 0.375. The Hall–Kier alpha value is -2.32. The van der Waals surface area contributed by atoms with Crippen LogP contribution in [0.15, 0.2) is 24.3 Å². The fourth-order valence-corrected chi connectivity index (χ4v) is 1.46. The average molecular weight is 290 g/mol. The summed E-state index contributed by atoms with van der Waals surface area (Å²) in [5.41, 5.74) is 1.70. The summed E-state index contributed by atoms with van der Waals surface area (Å²) in [5.74, 6) is 1.73. The van der Waals surface area contributed by atoms with Crippen molar-refractivity contribution in [2.45, 2.75) is 19.9 Å². The lowest BCUT2D eigenvalue weighted by atomic mass is 10.1.